The fraction of sp³-hybridized carbons (Fsp3) is 0.643. The monoisotopic (exact) mass is 468 g/mol. The highest BCUT2D eigenvalue weighted by Gasteiger charge is 2.31. The highest BCUT2D eigenvalue weighted by atomic mass is 16.5. The number of likely N-dealkylation sites (tertiary alicyclic amines) is 1. The van der Waals surface area contributed by atoms with E-state index >= 15 is 0 Å². The molecule has 1 unspecified atom stereocenters. The summed E-state index contributed by atoms with van der Waals surface area (Å²) in [6.07, 6.45) is 11.9. The highest BCUT2D eigenvalue weighted by Crippen LogP contribution is 2.35. The number of ether oxygens (including phenoxy) is 1. The van der Waals surface area contributed by atoms with Crippen LogP contribution in [0, 0.1) is 17.8 Å². The van der Waals surface area contributed by atoms with Crippen LogP contribution in [0.5, 0.6) is 5.75 Å². The van der Waals surface area contributed by atoms with E-state index in [4.69, 9.17) is 4.74 Å². The third kappa shape index (κ3) is 6.48. The Kier molecular flexibility index (Phi) is 8.79. The summed E-state index contributed by atoms with van der Waals surface area (Å²) in [7, 11) is 1.64. The lowest BCUT2D eigenvalue weighted by Gasteiger charge is -2.39. The van der Waals surface area contributed by atoms with Crippen LogP contribution in [0.2, 0.25) is 0 Å². The summed E-state index contributed by atoms with van der Waals surface area (Å²) in [5.41, 5.74) is 1.70. The molecule has 2 N–H and O–H groups in total. The molecule has 1 aliphatic carbocycles. The van der Waals surface area contributed by atoms with Crippen molar-refractivity contribution in [3.8, 4) is 5.75 Å². The maximum Gasteiger partial charge on any atom is 0.303 e. The summed E-state index contributed by atoms with van der Waals surface area (Å²) in [5.74, 6) is 1.37. The number of nitrogens with zero attached hydrogens (tertiary/aromatic N) is 2. The summed E-state index contributed by atoms with van der Waals surface area (Å²) in [5, 5.41) is 21.5. The van der Waals surface area contributed by atoms with Gasteiger partial charge >= 0.3 is 5.97 Å². The molecule has 0 amide bonds. The molecule has 1 saturated carbocycles. The Hall–Kier alpha value is -2.18. The van der Waals surface area contributed by atoms with Gasteiger partial charge in [-0.3, -0.25) is 9.78 Å². The first-order valence-corrected chi connectivity index (χ1v) is 13.1. The molecule has 2 heterocycles. The van der Waals surface area contributed by atoms with Crippen molar-refractivity contribution in [1.29, 1.82) is 0 Å². The van der Waals surface area contributed by atoms with Gasteiger partial charge in [0, 0.05) is 24.5 Å². The number of fused-ring (bicyclic) bond motifs is 1. The quantitative estimate of drug-likeness (QED) is 0.483. The zero-order valence-corrected chi connectivity index (χ0v) is 20.5. The molecule has 2 fully saturated rings. The van der Waals surface area contributed by atoms with Crippen molar-refractivity contribution in [2.75, 3.05) is 26.7 Å². The largest absolute Gasteiger partial charge is 0.497 e. The van der Waals surface area contributed by atoms with E-state index in [2.05, 4.69) is 9.88 Å². The number of carbonyl (C=O) groups is 1. The number of benzene rings is 1. The van der Waals surface area contributed by atoms with Crippen LogP contribution in [0.4, 0.5) is 0 Å². The van der Waals surface area contributed by atoms with E-state index < -0.39 is 12.1 Å². The molecule has 1 aromatic heterocycles. The SMILES string of the molecule is COc1ccc2nccc(C(O)CC[C@@H]3CCN(CCC4CCCCC4)C[C@@H]3CC(=O)O)c2c1. The van der Waals surface area contributed by atoms with Gasteiger partial charge in [-0.25, -0.2) is 0 Å². The zero-order chi connectivity index (χ0) is 23.9. The van der Waals surface area contributed by atoms with E-state index in [1.807, 2.05) is 24.3 Å². The van der Waals surface area contributed by atoms with Crippen molar-refractivity contribution >= 4 is 16.9 Å². The van der Waals surface area contributed by atoms with Crippen molar-refractivity contribution in [3.63, 3.8) is 0 Å². The molecule has 4 rings (SSSR count). The number of pyridine rings is 1. The fourth-order valence-corrected chi connectivity index (χ4v) is 6.13. The first kappa shape index (κ1) is 24.9. The molecule has 0 spiro atoms. The lowest BCUT2D eigenvalue weighted by atomic mass is 9.79. The minimum atomic E-state index is -0.711. The topological polar surface area (TPSA) is 82.9 Å². The summed E-state index contributed by atoms with van der Waals surface area (Å²) < 4.78 is 5.36. The number of methoxy groups -OCH3 is 1. The fourth-order valence-electron chi connectivity index (χ4n) is 6.13. The van der Waals surface area contributed by atoms with E-state index in [9.17, 15) is 15.0 Å². The highest BCUT2D eigenvalue weighted by molar-refractivity contribution is 5.83. The molecule has 0 bridgehead atoms. The van der Waals surface area contributed by atoms with Crippen LogP contribution in [0.3, 0.4) is 0 Å². The molecule has 0 radical (unpaired) electrons. The number of hydrogen-bond acceptors (Lipinski definition) is 5. The average Bonchev–Trinajstić information content (AvgIpc) is 2.86. The van der Waals surface area contributed by atoms with Crippen molar-refractivity contribution in [3.05, 3.63) is 36.0 Å². The molecule has 1 aliphatic heterocycles. The van der Waals surface area contributed by atoms with Crippen LogP contribution in [0.25, 0.3) is 10.9 Å². The standard InChI is InChI=1S/C28H40N2O4/c1-34-23-8-9-26-25(18-23)24(11-14-29-26)27(31)10-7-21-13-16-30(19-22(21)17-28(32)33)15-12-20-5-3-2-4-6-20/h8-9,11,14,18,20-22,27,31H,2-7,10,12-13,15-17,19H2,1H3,(H,32,33)/t21-,22+,27?/m1/s1. The Morgan fingerprint density at radius 3 is 2.74 bits per heavy atom. The van der Waals surface area contributed by atoms with E-state index in [-0.39, 0.29) is 12.3 Å². The molecule has 6 heteroatoms. The van der Waals surface area contributed by atoms with Gasteiger partial charge in [-0.1, -0.05) is 32.1 Å². The van der Waals surface area contributed by atoms with Crippen molar-refractivity contribution in [1.82, 2.24) is 9.88 Å². The zero-order valence-electron chi connectivity index (χ0n) is 20.5. The first-order chi connectivity index (χ1) is 16.5. The molecular formula is C28H40N2O4. The van der Waals surface area contributed by atoms with Gasteiger partial charge in [0.15, 0.2) is 0 Å². The third-order valence-corrected chi connectivity index (χ3v) is 8.14. The van der Waals surface area contributed by atoms with Crippen molar-refractivity contribution < 1.29 is 19.7 Å². The second-order valence-electron chi connectivity index (χ2n) is 10.4. The molecule has 34 heavy (non-hydrogen) atoms. The Morgan fingerprint density at radius 2 is 1.97 bits per heavy atom. The third-order valence-electron chi connectivity index (χ3n) is 8.14. The van der Waals surface area contributed by atoms with Gasteiger partial charge in [0.2, 0.25) is 0 Å². The summed E-state index contributed by atoms with van der Waals surface area (Å²) in [6, 6.07) is 7.61. The first-order valence-electron chi connectivity index (χ1n) is 13.1. The lowest BCUT2D eigenvalue weighted by Crippen LogP contribution is -2.42. The molecule has 3 atom stereocenters. The predicted octanol–water partition coefficient (Wildman–Crippen LogP) is 5.44. The summed E-state index contributed by atoms with van der Waals surface area (Å²) in [4.78, 5) is 18.5. The number of carboxylic acid groups (broad SMARTS) is 1. The lowest BCUT2D eigenvalue weighted by molar-refractivity contribution is -0.139. The average molecular weight is 469 g/mol. The Balaban J connectivity index is 1.35. The van der Waals surface area contributed by atoms with E-state index in [0.717, 1.165) is 60.6 Å². The van der Waals surface area contributed by atoms with Gasteiger partial charge in [-0.2, -0.15) is 0 Å². The number of aromatic nitrogens is 1. The predicted molar refractivity (Wildman–Crippen MR) is 134 cm³/mol. The molecule has 2 aromatic rings. The minimum Gasteiger partial charge on any atom is -0.497 e. The van der Waals surface area contributed by atoms with Gasteiger partial charge in [-0.15, -0.1) is 0 Å². The number of rotatable bonds is 10. The van der Waals surface area contributed by atoms with Crippen LogP contribution < -0.4 is 4.74 Å². The van der Waals surface area contributed by atoms with Crippen LogP contribution in [-0.2, 0) is 4.79 Å². The Morgan fingerprint density at radius 1 is 1.15 bits per heavy atom. The van der Waals surface area contributed by atoms with Gasteiger partial charge < -0.3 is 19.8 Å². The number of aliphatic hydroxyl groups is 1. The number of hydrogen-bond donors (Lipinski definition) is 2. The Bertz CT molecular complexity index is 943. The second-order valence-corrected chi connectivity index (χ2v) is 10.4. The van der Waals surface area contributed by atoms with E-state index in [0.29, 0.717) is 12.3 Å². The molecular weight excluding hydrogens is 428 g/mol. The smallest absolute Gasteiger partial charge is 0.303 e. The van der Waals surface area contributed by atoms with Crippen LogP contribution in [0.15, 0.2) is 30.5 Å². The van der Waals surface area contributed by atoms with E-state index in [1.54, 1.807) is 13.3 Å². The van der Waals surface area contributed by atoms with E-state index in [1.165, 1.54) is 38.5 Å². The number of aliphatic carboxylic acids is 1. The van der Waals surface area contributed by atoms with Gasteiger partial charge in [0.1, 0.15) is 5.75 Å². The molecule has 186 valence electrons. The summed E-state index contributed by atoms with van der Waals surface area (Å²) in [6.45, 7) is 3.01. The molecule has 2 aliphatic rings. The van der Waals surface area contributed by atoms with Crippen LogP contribution >= 0.6 is 0 Å². The summed E-state index contributed by atoms with van der Waals surface area (Å²) >= 11 is 0. The van der Waals surface area contributed by atoms with Crippen LogP contribution in [-0.4, -0.2) is 52.8 Å². The maximum absolute atomic E-state index is 11.6. The number of piperidine rings is 1. The van der Waals surface area contributed by atoms with Gasteiger partial charge in [-0.05, 0) is 86.4 Å². The molecule has 1 saturated heterocycles. The molecule has 1 aromatic carbocycles. The van der Waals surface area contributed by atoms with Crippen molar-refractivity contribution in [2.45, 2.75) is 70.3 Å². The number of aliphatic hydroxyl groups excluding tert-OH is 1. The maximum atomic E-state index is 11.6. The number of carboxylic acids is 1. The second kappa shape index (κ2) is 12.0. The molecule has 6 nitrogen and oxygen atoms in total. The van der Waals surface area contributed by atoms with Crippen LogP contribution in [0.1, 0.15) is 75.9 Å². The normalized spacial score (nSPS) is 23.1. The van der Waals surface area contributed by atoms with Gasteiger partial charge in [0.25, 0.3) is 0 Å². The van der Waals surface area contributed by atoms with Gasteiger partial charge in [0.05, 0.1) is 18.7 Å². The minimum absolute atomic E-state index is 0.152. The Labute approximate surface area is 203 Å². The van der Waals surface area contributed by atoms with Crippen molar-refractivity contribution in [2.24, 2.45) is 17.8 Å².